The number of ether oxygens (including phenoxy) is 1. The number of carbonyl (C=O) groups excluding carboxylic acids is 1. The van der Waals surface area contributed by atoms with E-state index in [4.69, 9.17) is 4.42 Å². The van der Waals surface area contributed by atoms with Crippen molar-refractivity contribution >= 4 is 15.8 Å². The van der Waals surface area contributed by atoms with Gasteiger partial charge in [-0.3, -0.25) is 0 Å². The third-order valence-corrected chi connectivity index (χ3v) is 5.93. The first-order valence-electron chi connectivity index (χ1n) is 8.66. The minimum absolute atomic E-state index is 0.245. The molecule has 0 aliphatic rings. The molecule has 0 aliphatic carbocycles. The van der Waals surface area contributed by atoms with Crippen molar-refractivity contribution in [2.75, 3.05) is 7.11 Å². The molecular weight excluding hydrogens is 378 g/mol. The van der Waals surface area contributed by atoms with Gasteiger partial charge in [0.1, 0.15) is 11.5 Å². The van der Waals surface area contributed by atoms with Gasteiger partial charge < -0.3 is 9.15 Å². The highest BCUT2D eigenvalue weighted by Gasteiger charge is 2.21. The van der Waals surface area contributed by atoms with E-state index in [9.17, 15) is 13.2 Å². The number of hydrogen-bond donors (Lipinski definition) is 0. The van der Waals surface area contributed by atoms with Crippen LogP contribution in [0.15, 0.2) is 51.8 Å². The van der Waals surface area contributed by atoms with E-state index in [1.165, 1.54) is 7.11 Å². The van der Waals surface area contributed by atoms with Crippen molar-refractivity contribution in [1.82, 2.24) is 4.98 Å². The van der Waals surface area contributed by atoms with E-state index in [-0.39, 0.29) is 10.6 Å². The molecule has 0 saturated carbocycles. The lowest BCUT2D eigenvalue weighted by atomic mass is 10.1. The van der Waals surface area contributed by atoms with Crippen LogP contribution in [-0.2, 0) is 20.3 Å². The smallest absolute Gasteiger partial charge is 0.337 e. The summed E-state index contributed by atoms with van der Waals surface area (Å²) in [6.45, 7) is 5.42. The minimum atomic E-state index is -3.55. The van der Waals surface area contributed by atoms with Crippen molar-refractivity contribution < 1.29 is 22.4 Å². The third kappa shape index (κ3) is 4.14. The maximum atomic E-state index is 12.8. The largest absolute Gasteiger partial charge is 0.465 e. The Bertz CT molecular complexity index is 1110. The molecule has 1 aromatic heterocycles. The Kier molecular flexibility index (Phi) is 5.38. The third-order valence-electron chi connectivity index (χ3n) is 4.33. The molecule has 0 atom stereocenters. The van der Waals surface area contributed by atoms with Crippen LogP contribution in [0.5, 0.6) is 0 Å². The predicted octanol–water partition coefficient (Wildman–Crippen LogP) is 4.03. The van der Waals surface area contributed by atoms with E-state index in [1.54, 1.807) is 43.3 Å². The molecule has 6 nitrogen and oxygen atoms in total. The number of nitrogens with zero attached hydrogens (tertiary/aromatic N) is 1. The van der Waals surface area contributed by atoms with Crippen LogP contribution in [0.1, 0.15) is 32.9 Å². The number of methoxy groups -OCH3 is 1. The molecule has 0 N–H and O–H groups in total. The van der Waals surface area contributed by atoms with E-state index >= 15 is 0 Å². The van der Waals surface area contributed by atoms with Gasteiger partial charge in [0.2, 0.25) is 5.89 Å². The van der Waals surface area contributed by atoms with E-state index in [1.807, 2.05) is 19.9 Å². The van der Waals surface area contributed by atoms with Gasteiger partial charge in [0, 0.05) is 5.56 Å². The second-order valence-corrected chi connectivity index (χ2v) is 8.66. The molecule has 146 valence electrons. The first-order valence-corrected chi connectivity index (χ1v) is 10.3. The van der Waals surface area contributed by atoms with Crippen LogP contribution in [0.2, 0.25) is 0 Å². The fourth-order valence-electron chi connectivity index (χ4n) is 2.93. The normalized spacial score (nSPS) is 11.4. The van der Waals surface area contributed by atoms with Gasteiger partial charge in [-0.05, 0) is 68.3 Å². The van der Waals surface area contributed by atoms with Crippen molar-refractivity contribution in [3.63, 3.8) is 0 Å². The number of esters is 1. The van der Waals surface area contributed by atoms with Crippen LogP contribution in [0.25, 0.3) is 11.5 Å². The van der Waals surface area contributed by atoms with Gasteiger partial charge in [-0.2, -0.15) is 0 Å². The molecule has 2 aromatic carbocycles. The van der Waals surface area contributed by atoms with Crippen LogP contribution >= 0.6 is 0 Å². The highest BCUT2D eigenvalue weighted by atomic mass is 32.2. The van der Waals surface area contributed by atoms with Gasteiger partial charge in [-0.25, -0.2) is 18.2 Å². The van der Waals surface area contributed by atoms with Gasteiger partial charge in [0.25, 0.3) is 0 Å². The maximum Gasteiger partial charge on any atom is 0.337 e. The number of benzene rings is 2. The number of hydrogen-bond acceptors (Lipinski definition) is 6. The molecule has 3 aromatic rings. The topological polar surface area (TPSA) is 86.5 Å². The monoisotopic (exact) mass is 399 g/mol. The average molecular weight is 399 g/mol. The summed E-state index contributed by atoms with van der Waals surface area (Å²) in [6.07, 6.45) is 0. The van der Waals surface area contributed by atoms with Gasteiger partial charge >= 0.3 is 5.97 Å². The Hall–Kier alpha value is -2.93. The predicted molar refractivity (Wildman–Crippen MR) is 105 cm³/mol. The van der Waals surface area contributed by atoms with E-state index in [0.717, 1.165) is 11.1 Å². The molecule has 3 rings (SSSR count). The summed E-state index contributed by atoms with van der Waals surface area (Å²) < 4.78 is 36.0. The lowest BCUT2D eigenvalue weighted by Crippen LogP contribution is -2.07. The quantitative estimate of drug-likeness (QED) is 0.602. The first-order chi connectivity index (χ1) is 13.2. The number of aryl methyl sites for hydroxylation is 3. The standard InChI is InChI=1S/C21H21NO5S/c1-13-9-14(2)11-18(10-13)28(24,25)12-19-15(3)27-20(22-19)16-5-7-17(8-6-16)21(23)26-4/h5-11H,12H2,1-4H3. The molecule has 7 heteroatoms. The lowest BCUT2D eigenvalue weighted by Gasteiger charge is -2.06. The number of carbonyl (C=O) groups is 1. The van der Waals surface area contributed by atoms with Crippen molar-refractivity contribution in [3.8, 4) is 11.5 Å². The molecule has 1 heterocycles. The summed E-state index contributed by atoms with van der Waals surface area (Å²) in [5.41, 5.74) is 3.20. The van der Waals surface area contributed by atoms with E-state index in [2.05, 4.69) is 9.72 Å². The highest BCUT2D eigenvalue weighted by molar-refractivity contribution is 7.90. The van der Waals surface area contributed by atoms with E-state index in [0.29, 0.717) is 28.5 Å². The Morgan fingerprint density at radius 1 is 1.04 bits per heavy atom. The Balaban J connectivity index is 1.89. The zero-order valence-corrected chi connectivity index (χ0v) is 17.0. The molecule has 0 radical (unpaired) electrons. The van der Waals surface area contributed by atoms with Crippen molar-refractivity contribution in [1.29, 1.82) is 0 Å². The molecule has 0 unspecified atom stereocenters. The number of aromatic nitrogens is 1. The van der Waals surface area contributed by atoms with Crippen LogP contribution in [0.3, 0.4) is 0 Å². The summed E-state index contributed by atoms with van der Waals surface area (Å²) in [6, 6.07) is 11.8. The van der Waals surface area contributed by atoms with Crippen molar-refractivity contribution in [2.24, 2.45) is 0 Å². The fraction of sp³-hybridized carbons (Fsp3) is 0.238. The second-order valence-electron chi connectivity index (χ2n) is 6.67. The fourth-order valence-corrected chi connectivity index (χ4v) is 4.45. The highest BCUT2D eigenvalue weighted by Crippen LogP contribution is 2.26. The SMILES string of the molecule is COC(=O)c1ccc(-c2nc(CS(=O)(=O)c3cc(C)cc(C)c3)c(C)o2)cc1. The molecular formula is C21H21NO5S. The molecule has 0 saturated heterocycles. The molecule has 0 aliphatic heterocycles. The summed E-state index contributed by atoms with van der Waals surface area (Å²) in [5, 5.41) is 0. The molecule has 0 amide bonds. The maximum absolute atomic E-state index is 12.8. The summed E-state index contributed by atoms with van der Waals surface area (Å²) in [7, 11) is -2.24. The Morgan fingerprint density at radius 2 is 1.64 bits per heavy atom. The van der Waals surface area contributed by atoms with Crippen molar-refractivity contribution in [3.05, 3.63) is 70.6 Å². The van der Waals surface area contributed by atoms with Crippen LogP contribution in [0.4, 0.5) is 0 Å². The lowest BCUT2D eigenvalue weighted by molar-refractivity contribution is 0.0600. The minimum Gasteiger partial charge on any atom is -0.465 e. The molecule has 0 bridgehead atoms. The Labute approximate surface area is 164 Å². The first kappa shape index (κ1) is 19.8. The molecule has 0 fully saturated rings. The number of rotatable bonds is 5. The van der Waals surface area contributed by atoms with Gasteiger partial charge in [-0.1, -0.05) is 6.07 Å². The van der Waals surface area contributed by atoms with Crippen molar-refractivity contribution in [2.45, 2.75) is 31.4 Å². The zero-order valence-electron chi connectivity index (χ0n) is 16.1. The van der Waals surface area contributed by atoms with Crippen LogP contribution in [-0.4, -0.2) is 26.5 Å². The Morgan fingerprint density at radius 3 is 2.21 bits per heavy atom. The van der Waals surface area contributed by atoms with Crippen LogP contribution in [0, 0.1) is 20.8 Å². The molecule has 0 spiro atoms. The van der Waals surface area contributed by atoms with Gasteiger partial charge in [0.15, 0.2) is 9.84 Å². The number of sulfone groups is 1. The summed E-state index contributed by atoms with van der Waals surface area (Å²) in [4.78, 5) is 16.2. The average Bonchev–Trinajstić information content (AvgIpc) is 3.00. The van der Waals surface area contributed by atoms with Gasteiger partial charge in [0.05, 0.1) is 23.3 Å². The summed E-state index contributed by atoms with van der Waals surface area (Å²) >= 11 is 0. The molecule has 28 heavy (non-hydrogen) atoms. The number of oxazole rings is 1. The zero-order chi connectivity index (χ0) is 20.5. The van der Waals surface area contributed by atoms with E-state index < -0.39 is 15.8 Å². The summed E-state index contributed by atoms with van der Waals surface area (Å²) in [5.74, 6) is 0.0701. The van der Waals surface area contributed by atoms with Gasteiger partial charge in [-0.15, -0.1) is 0 Å². The van der Waals surface area contributed by atoms with Crippen LogP contribution < -0.4 is 0 Å². The second kappa shape index (κ2) is 7.59.